The van der Waals surface area contributed by atoms with Crippen LogP contribution in [0.1, 0.15) is 37.4 Å². The molecule has 0 radical (unpaired) electrons. The molecule has 4 nitrogen and oxygen atoms in total. The van der Waals surface area contributed by atoms with Crippen LogP contribution in [0.3, 0.4) is 0 Å². The zero-order valence-corrected chi connectivity index (χ0v) is 11.1. The van der Waals surface area contributed by atoms with Crippen molar-refractivity contribution >= 4 is 5.82 Å². The summed E-state index contributed by atoms with van der Waals surface area (Å²) in [6, 6.07) is 0. The summed E-state index contributed by atoms with van der Waals surface area (Å²) >= 11 is 0. The van der Waals surface area contributed by atoms with Gasteiger partial charge in [0.2, 0.25) is 0 Å². The van der Waals surface area contributed by atoms with Crippen LogP contribution in [-0.4, -0.2) is 28.0 Å². The molecule has 96 valence electrons. The second kappa shape index (κ2) is 5.08. The van der Waals surface area contributed by atoms with Gasteiger partial charge in [0.25, 0.3) is 0 Å². The number of piperidine rings is 1. The van der Waals surface area contributed by atoms with Gasteiger partial charge < -0.3 is 10.0 Å². The molecule has 2 rings (SSSR count). The molecule has 1 aromatic heterocycles. The van der Waals surface area contributed by atoms with E-state index in [2.05, 4.69) is 16.9 Å². The third-order valence-electron chi connectivity index (χ3n) is 3.96. The summed E-state index contributed by atoms with van der Waals surface area (Å²) in [5.74, 6) is 1.98. The number of aliphatic hydroxyl groups is 1. The Morgan fingerprint density at radius 2 is 2.00 bits per heavy atom. The van der Waals surface area contributed by atoms with Crippen molar-refractivity contribution in [1.29, 1.82) is 0 Å². The number of rotatable bonds is 3. The molecule has 1 saturated heterocycles. The Hall–Kier alpha value is -1.03. The number of nitrogens with zero attached hydrogens (tertiary/aromatic N) is 3. The lowest BCUT2D eigenvalue weighted by Gasteiger charge is -2.33. The van der Waals surface area contributed by atoms with Crippen LogP contribution in [0.4, 0.5) is 5.82 Å². The first-order valence-electron chi connectivity index (χ1n) is 6.55. The largest absolute Gasteiger partial charge is 0.391 e. The highest BCUT2D eigenvalue weighted by molar-refractivity contribution is 5.50. The summed E-state index contributed by atoms with van der Waals surface area (Å²) in [6.07, 6.45) is 3.79. The molecule has 1 aliphatic heterocycles. The molecule has 0 amide bonds. The normalized spacial score (nSPS) is 17.8. The molecular formula is C13H23N3O. The molecule has 0 aromatic carbocycles. The summed E-state index contributed by atoms with van der Waals surface area (Å²) in [5.41, 5.74) is 1.94. The first-order chi connectivity index (χ1) is 8.17. The van der Waals surface area contributed by atoms with E-state index in [1.807, 2.05) is 18.7 Å². The molecule has 0 atom stereocenters. The Labute approximate surface area is 103 Å². The summed E-state index contributed by atoms with van der Waals surface area (Å²) < 4.78 is 1.91. The molecule has 0 aliphatic carbocycles. The van der Waals surface area contributed by atoms with Gasteiger partial charge in [0.1, 0.15) is 5.82 Å². The van der Waals surface area contributed by atoms with Crippen molar-refractivity contribution in [2.75, 3.05) is 18.0 Å². The number of hydrogen-bond donors (Lipinski definition) is 1. The van der Waals surface area contributed by atoms with E-state index >= 15 is 0 Å². The lowest BCUT2D eigenvalue weighted by atomic mass is 9.94. The van der Waals surface area contributed by atoms with E-state index in [1.54, 1.807) is 0 Å². The average molecular weight is 237 g/mol. The summed E-state index contributed by atoms with van der Waals surface area (Å²) in [5, 5.41) is 13.9. The molecular weight excluding hydrogens is 214 g/mol. The van der Waals surface area contributed by atoms with Gasteiger partial charge in [-0.25, -0.2) is 0 Å². The predicted molar refractivity (Wildman–Crippen MR) is 69.1 cm³/mol. The maximum atomic E-state index is 9.46. The fourth-order valence-corrected chi connectivity index (χ4v) is 2.82. The second-order valence-corrected chi connectivity index (χ2v) is 5.01. The zero-order chi connectivity index (χ0) is 12.4. The van der Waals surface area contributed by atoms with Gasteiger partial charge in [0.05, 0.1) is 12.3 Å². The third-order valence-corrected chi connectivity index (χ3v) is 3.96. The van der Waals surface area contributed by atoms with Crippen molar-refractivity contribution in [3.63, 3.8) is 0 Å². The predicted octanol–water partition coefficient (Wildman–Crippen LogP) is 1.85. The highest BCUT2D eigenvalue weighted by Crippen LogP contribution is 2.28. The molecule has 17 heavy (non-hydrogen) atoms. The average Bonchev–Trinajstić information content (AvgIpc) is 2.63. The van der Waals surface area contributed by atoms with Gasteiger partial charge in [-0.15, -0.1) is 0 Å². The molecule has 2 heterocycles. The minimum atomic E-state index is 0.0860. The number of aryl methyl sites for hydroxylation is 2. The minimum absolute atomic E-state index is 0.0860. The zero-order valence-electron chi connectivity index (χ0n) is 11.1. The Morgan fingerprint density at radius 3 is 2.53 bits per heavy atom. The quantitative estimate of drug-likeness (QED) is 0.872. The highest BCUT2D eigenvalue weighted by Gasteiger charge is 2.23. The Kier molecular flexibility index (Phi) is 3.72. The number of anilines is 1. The number of hydrogen-bond acceptors (Lipinski definition) is 3. The molecule has 1 aliphatic rings. The molecule has 4 heteroatoms. The Bertz CT molecular complexity index is 378. The summed E-state index contributed by atoms with van der Waals surface area (Å²) in [6.45, 7) is 6.50. The monoisotopic (exact) mass is 237 g/mol. The topological polar surface area (TPSA) is 41.3 Å². The number of aliphatic hydroxyl groups excluding tert-OH is 1. The van der Waals surface area contributed by atoms with Gasteiger partial charge >= 0.3 is 0 Å². The van der Waals surface area contributed by atoms with Crippen LogP contribution in [0.5, 0.6) is 0 Å². The van der Waals surface area contributed by atoms with Crippen LogP contribution in [-0.2, 0) is 13.7 Å². The smallest absolute Gasteiger partial charge is 0.132 e. The van der Waals surface area contributed by atoms with E-state index in [0.29, 0.717) is 0 Å². The standard InChI is InChI=1S/C13H23N3O/c1-4-11-5-7-16(8-6-11)13-12(9-17)10(2)14-15(13)3/h11,17H,4-9H2,1-3H3. The van der Waals surface area contributed by atoms with E-state index in [9.17, 15) is 5.11 Å². The summed E-state index contributed by atoms with van der Waals surface area (Å²) in [4.78, 5) is 2.37. The van der Waals surface area contributed by atoms with Gasteiger partial charge in [0.15, 0.2) is 0 Å². The fourth-order valence-electron chi connectivity index (χ4n) is 2.82. The molecule has 0 bridgehead atoms. The van der Waals surface area contributed by atoms with Crippen molar-refractivity contribution in [2.24, 2.45) is 13.0 Å². The minimum Gasteiger partial charge on any atom is -0.391 e. The lowest BCUT2D eigenvalue weighted by Crippen LogP contribution is -2.35. The van der Waals surface area contributed by atoms with Gasteiger partial charge in [-0.05, 0) is 25.7 Å². The Morgan fingerprint density at radius 1 is 1.35 bits per heavy atom. The van der Waals surface area contributed by atoms with Gasteiger partial charge in [-0.3, -0.25) is 4.68 Å². The van der Waals surface area contributed by atoms with Crippen molar-refractivity contribution in [1.82, 2.24) is 9.78 Å². The highest BCUT2D eigenvalue weighted by atomic mass is 16.3. The molecule has 1 N–H and O–H groups in total. The fraction of sp³-hybridized carbons (Fsp3) is 0.769. The van der Waals surface area contributed by atoms with Crippen LogP contribution in [0.15, 0.2) is 0 Å². The summed E-state index contributed by atoms with van der Waals surface area (Å²) in [7, 11) is 1.97. The van der Waals surface area contributed by atoms with Crippen molar-refractivity contribution in [3.8, 4) is 0 Å². The van der Waals surface area contributed by atoms with E-state index in [4.69, 9.17) is 0 Å². The molecule has 0 spiro atoms. The van der Waals surface area contributed by atoms with Gasteiger partial charge in [-0.1, -0.05) is 13.3 Å². The first kappa shape index (κ1) is 12.4. The van der Waals surface area contributed by atoms with E-state index < -0.39 is 0 Å². The van der Waals surface area contributed by atoms with Gasteiger partial charge in [0, 0.05) is 25.7 Å². The van der Waals surface area contributed by atoms with Crippen molar-refractivity contribution < 1.29 is 5.11 Å². The van der Waals surface area contributed by atoms with Crippen LogP contribution in [0, 0.1) is 12.8 Å². The molecule has 1 fully saturated rings. The van der Waals surface area contributed by atoms with Crippen molar-refractivity contribution in [2.45, 2.75) is 39.7 Å². The second-order valence-electron chi connectivity index (χ2n) is 5.01. The maximum absolute atomic E-state index is 9.46. The number of aromatic nitrogens is 2. The first-order valence-corrected chi connectivity index (χ1v) is 6.55. The third kappa shape index (κ3) is 2.32. The molecule has 0 saturated carbocycles. The van der Waals surface area contributed by atoms with Gasteiger partial charge in [-0.2, -0.15) is 5.10 Å². The van der Waals surface area contributed by atoms with E-state index in [1.165, 1.54) is 19.3 Å². The van der Waals surface area contributed by atoms with Crippen LogP contribution < -0.4 is 4.90 Å². The van der Waals surface area contributed by atoms with E-state index in [-0.39, 0.29) is 6.61 Å². The SMILES string of the molecule is CCC1CCN(c2c(CO)c(C)nn2C)CC1. The lowest BCUT2D eigenvalue weighted by molar-refractivity contribution is 0.280. The molecule has 0 unspecified atom stereocenters. The van der Waals surface area contributed by atoms with Crippen LogP contribution in [0.25, 0.3) is 0 Å². The van der Waals surface area contributed by atoms with Crippen LogP contribution >= 0.6 is 0 Å². The Balaban J connectivity index is 2.18. The van der Waals surface area contributed by atoms with E-state index in [0.717, 1.165) is 36.1 Å². The maximum Gasteiger partial charge on any atom is 0.132 e. The van der Waals surface area contributed by atoms with Crippen LogP contribution in [0.2, 0.25) is 0 Å². The molecule has 1 aromatic rings. The van der Waals surface area contributed by atoms with Crippen molar-refractivity contribution in [3.05, 3.63) is 11.3 Å².